The zero-order valence-electron chi connectivity index (χ0n) is 12.4. The zero-order valence-corrected chi connectivity index (χ0v) is 12.4. The van der Waals surface area contributed by atoms with Crippen molar-refractivity contribution in [2.45, 2.75) is 38.0 Å². The summed E-state index contributed by atoms with van der Waals surface area (Å²) in [7, 11) is 0. The molecule has 4 heteroatoms. The predicted molar refractivity (Wildman–Crippen MR) is 81.2 cm³/mol. The zero-order chi connectivity index (χ0) is 14.5. The van der Waals surface area contributed by atoms with E-state index < -0.39 is 6.23 Å². The summed E-state index contributed by atoms with van der Waals surface area (Å²) >= 11 is 0. The number of ether oxygens (including phenoxy) is 1. The Morgan fingerprint density at radius 3 is 2.43 bits per heavy atom. The van der Waals surface area contributed by atoms with Crippen molar-refractivity contribution in [1.29, 1.82) is 0 Å². The Balaban J connectivity index is 1.53. The number of rotatable bonds is 5. The van der Waals surface area contributed by atoms with Gasteiger partial charge in [0.25, 0.3) is 0 Å². The molecule has 2 saturated heterocycles. The number of aldehydes is 1. The summed E-state index contributed by atoms with van der Waals surface area (Å²) in [6, 6.07) is 10.9. The number of benzene rings is 1. The summed E-state index contributed by atoms with van der Waals surface area (Å²) in [5, 5.41) is 0. The molecule has 0 aliphatic carbocycles. The fraction of sp³-hybridized carbons (Fsp3) is 0.588. The number of likely N-dealkylation sites (tertiary alicyclic amines) is 2. The Bertz CT molecular complexity index is 437. The lowest BCUT2D eigenvalue weighted by molar-refractivity contribution is -0.123. The lowest BCUT2D eigenvalue weighted by atomic mass is 10.0. The van der Waals surface area contributed by atoms with Crippen molar-refractivity contribution < 1.29 is 9.53 Å². The van der Waals surface area contributed by atoms with Crippen LogP contribution in [0.5, 0.6) is 5.75 Å². The molecule has 2 aliphatic heterocycles. The van der Waals surface area contributed by atoms with Gasteiger partial charge in [0.2, 0.25) is 6.23 Å². The van der Waals surface area contributed by atoms with Crippen LogP contribution in [0.1, 0.15) is 25.7 Å². The summed E-state index contributed by atoms with van der Waals surface area (Å²) in [4.78, 5) is 16.1. The minimum Gasteiger partial charge on any atom is -0.468 e. The smallest absolute Gasteiger partial charge is 0.209 e. The SMILES string of the molecule is O=CC(Oc1cc[c]cc1)N1CCC(N2CCCC2)CC1. The van der Waals surface area contributed by atoms with Gasteiger partial charge < -0.3 is 9.64 Å². The maximum absolute atomic E-state index is 11.4. The monoisotopic (exact) mass is 287 g/mol. The summed E-state index contributed by atoms with van der Waals surface area (Å²) < 4.78 is 5.79. The molecule has 21 heavy (non-hydrogen) atoms. The van der Waals surface area contributed by atoms with E-state index in [1.807, 2.05) is 12.1 Å². The normalized spacial score (nSPS) is 23.0. The quantitative estimate of drug-likeness (QED) is 0.775. The van der Waals surface area contributed by atoms with Gasteiger partial charge in [-0.15, -0.1) is 0 Å². The number of carbonyl (C=O) groups excluding carboxylic acids is 1. The third-order valence-electron chi connectivity index (χ3n) is 4.58. The van der Waals surface area contributed by atoms with E-state index in [4.69, 9.17) is 4.74 Å². The van der Waals surface area contributed by atoms with Gasteiger partial charge in [-0.3, -0.25) is 9.69 Å². The van der Waals surface area contributed by atoms with Crippen LogP contribution in [0.2, 0.25) is 0 Å². The van der Waals surface area contributed by atoms with Crippen LogP contribution >= 0.6 is 0 Å². The van der Waals surface area contributed by atoms with Crippen LogP contribution in [-0.2, 0) is 4.79 Å². The molecule has 1 aromatic carbocycles. The van der Waals surface area contributed by atoms with Gasteiger partial charge in [0.15, 0.2) is 6.29 Å². The third-order valence-corrected chi connectivity index (χ3v) is 4.58. The lowest BCUT2D eigenvalue weighted by Gasteiger charge is -2.38. The van der Waals surface area contributed by atoms with Crippen molar-refractivity contribution in [3.63, 3.8) is 0 Å². The van der Waals surface area contributed by atoms with E-state index in [1.54, 1.807) is 12.1 Å². The van der Waals surface area contributed by atoms with E-state index >= 15 is 0 Å². The van der Waals surface area contributed by atoms with Crippen molar-refractivity contribution in [3.05, 3.63) is 30.3 Å². The average Bonchev–Trinajstić information content (AvgIpc) is 3.08. The molecule has 0 saturated carbocycles. The molecule has 4 nitrogen and oxygen atoms in total. The van der Waals surface area contributed by atoms with Gasteiger partial charge >= 0.3 is 0 Å². The van der Waals surface area contributed by atoms with Crippen molar-refractivity contribution in [2.24, 2.45) is 0 Å². The highest BCUT2D eigenvalue weighted by Gasteiger charge is 2.30. The number of carbonyl (C=O) groups is 1. The van der Waals surface area contributed by atoms with E-state index in [1.165, 1.54) is 25.9 Å². The second kappa shape index (κ2) is 7.05. The van der Waals surface area contributed by atoms with Crippen LogP contribution in [0.3, 0.4) is 0 Å². The molecule has 0 amide bonds. The molecule has 2 aliphatic rings. The van der Waals surface area contributed by atoms with Crippen molar-refractivity contribution in [1.82, 2.24) is 9.80 Å². The maximum atomic E-state index is 11.4. The highest BCUT2D eigenvalue weighted by molar-refractivity contribution is 5.56. The Hall–Kier alpha value is -1.39. The summed E-state index contributed by atoms with van der Waals surface area (Å²) in [5.41, 5.74) is 0. The van der Waals surface area contributed by atoms with Crippen LogP contribution < -0.4 is 4.74 Å². The molecule has 1 atom stereocenters. The first-order valence-corrected chi connectivity index (χ1v) is 7.93. The number of hydrogen-bond donors (Lipinski definition) is 0. The fourth-order valence-corrected chi connectivity index (χ4v) is 3.39. The predicted octanol–water partition coefficient (Wildman–Crippen LogP) is 1.95. The maximum Gasteiger partial charge on any atom is 0.209 e. The van der Waals surface area contributed by atoms with Gasteiger partial charge in [-0.25, -0.2) is 0 Å². The molecule has 113 valence electrons. The first-order valence-electron chi connectivity index (χ1n) is 7.93. The van der Waals surface area contributed by atoms with Crippen LogP contribution in [0.4, 0.5) is 0 Å². The van der Waals surface area contributed by atoms with Gasteiger partial charge in [-0.2, -0.15) is 0 Å². The molecular formula is C17H23N2O2. The van der Waals surface area contributed by atoms with E-state index in [0.717, 1.165) is 38.0 Å². The van der Waals surface area contributed by atoms with E-state index in [-0.39, 0.29) is 0 Å². The molecule has 1 radical (unpaired) electrons. The molecule has 2 heterocycles. The minimum atomic E-state index is -0.466. The van der Waals surface area contributed by atoms with Crippen LogP contribution in [0.15, 0.2) is 24.3 Å². The Morgan fingerprint density at radius 1 is 1.14 bits per heavy atom. The molecular weight excluding hydrogens is 264 g/mol. The number of nitrogens with zero attached hydrogens (tertiary/aromatic N) is 2. The van der Waals surface area contributed by atoms with Gasteiger partial charge in [-0.05, 0) is 57.0 Å². The average molecular weight is 287 g/mol. The van der Waals surface area contributed by atoms with E-state index in [9.17, 15) is 4.79 Å². The Labute approximate surface area is 126 Å². The fourth-order valence-electron chi connectivity index (χ4n) is 3.39. The van der Waals surface area contributed by atoms with Gasteiger partial charge in [0.1, 0.15) is 5.75 Å². The van der Waals surface area contributed by atoms with Crippen LogP contribution in [-0.4, -0.2) is 54.5 Å². The summed E-state index contributed by atoms with van der Waals surface area (Å²) in [6.45, 7) is 4.37. The molecule has 0 bridgehead atoms. The highest BCUT2D eigenvalue weighted by Crippen LogP contribution is 2.22. The first-order chi connectivity index (χ1) is 10.4. The molecule has 0 aromatic heterocycles. The summed E-state index contributed by atoms with van der Waals surface area (Å²) in [5.74, 6) is 0.729. The molecule has 3 rings (SSSR count). The minimum absolute atomic E-state index is 0.466. The largest absolute Gasteiger partial charge is 0.468 e. The van der Waals surface area contributed by atoms with Gasteiger partial charge in [0, 0.05) is 19.1 Å². The van der Waals surface area contributed by atoms with Crippen molar-refractivity contribution >= 4 is 6.29 Å². The van der Waals surface area contributed by atoms with E-state index in [0.29, 0.717) is 6.04 Å². The van der Waals surface area contributed by atoms with Crippen molar-refractivity contribution in [2.75, 3.05) is 26.2 Å². The molecule has 2 fully saturated rings. The van der Waals surface area contributed by atoms with Gasteiger partial charge in [0.05, 0.1) is 0 Å². The number of piperidine rings is 1. The number of hydrogen-bond acceptors (Lipinski definition) is 4. The second-order valence-electron chi connectivity index (χ2n) is 5.89. The highest BCUT2D eigenvalue weighted by atomic mass is 16.5. The Kier molecular flexibility index (Phi) is 4.88. The molecule has 0 N–H and O–H groups in total. The van der Waals surface area contributed by atoms with E-state index in [2.05, 4.69) is 15.9 Å². The topological polar surface area (TPSA) is 32.8 Å². The lowest BCUT2D eigenvalue weighted by Crippen LogP contribution is -2.49. The molecule has 1 unspecified atom stereocenters. The van der Waals surface area contributed by atoms with Crippen molar-refractivity contribution in [3.8, 4) is 5.75 Å². The standard InChI is InChI=1S/C17H23N2O2/c20-14-17(21-16-6-2-1-3-7-16)19-12-8-15(9-13-19)18-10-4-5-11-18/h2-3,6-7,14-15,17H,4-5,8-13H2. The first kappa shape index (κ1) is 14.5. The van der Waals surface area contributed by atoms with Crippen LogP contribution in [0, 0.1) is 6.07 Å². The summed E-state index contributed by atoms with van der Waals surface area (Å²) in [6.07, 6.45) is 5.39. The van der Waals surface area contributed by atoms with Gasteiger partial charge in [-0.1, -0.05) is 12.1 Å². The second-order valence-corrected chi connectivity index (χ2v) is 5.89. The van der Waals surface area contributed by atoms with Crippen LogP contribution in [0.25, 0.3) is 0 Å². The molecule has 1 aromatic rings. The molecule has 0 spiro atoms. The third kappa shape index (κ3) is 3.63. The Morgan fingerprint density at radius 2 is 1.81 bits per heavy atom.